The van der Waals surface area contributed by atoms with Crippen molar-refractivity contribution in [2.24, 2.45) is 5.41 Å². The quantitative estimate of drug-likeness (QED) is 0.0596. The summed E-state index contributed by atoms with van der Waals surface area (Å²) in [4.78, 5) is 106. The second-order valence-corrected chi connectivity index (χ2v) is 20.8. The number of amides is 5. The zero-order valence-electron chi connectivity index (χ0n) is 42.6. The summed E-state index contributed by atoms with van der Waals surface area (Å²) < 4.78 is 63.4. The number of esters is 1. The Kier molecular flexibility index (Phi) is 16.6. The molecule has 398 valence electrons. The SMILES string of the molecule is CC(=O)O[C@@H]1C[C@@H](C(=O)NCc2ccc(-c3scnc3C)cc2)N(C(=O)C(NC(=O)CNC(=O)c2ccc(F)c(-c3ccc(N4C[C@@H](C)N(C)[C@@H](C)C4)c(NC(=O)c4c[nH]c(=O)cc4C(F)(F)F)c3)c2)C(C)(C)C)C1. The third-order valence-corrected chi connectivity index (χ3v) is 14.4. The number of benzene rings is 3. The molecule has 0 bridgehead atoms. The number of thiazole rings is 1. The van der Waals surface area contributed by atoms with Crippen LogP contribution in [0.1, 0.15) is 85.5 Å². The number of piperazine rings is 1. The van der Waals surface area contributed by atoms with Crippen LogP contribution in [0, 0.1) is 18.2 Å². The van der Waals surface area contributed by atoms with Crippen LogP contribution in [0.5, 0.6) is 0 Å². The fourth-order valence-corrected chi connectivity index (χ4v) is 10.0. The van der Waals surface area contributed by atoms with Crippen LogP contribution in [0.25, 0.3) is 21.6 Å². The van der Waals surface area contributed by atoms with Crippen molar-refractivity contribution in [1.82, 2.24) is 35.7 Å². The number of nitrogens with one attached hydrogen (secondary N) is 5. The topological polar surface area (TPSA) is 215 Å². The molecule has 2 saturated heterocycles. The van der Waals surface area contributed by atoms with Crippen molar-refractivity contribution in [3.05, 3.63) is 123 Å². The molecule has 5 aromatic rings. The van der Waals surface area contributed by atoms with Crippen molar-refractivity contribution in [3.63, 3.8) is 0 Å². The number of nitrogens with zero attached hydrogens (tertiary/aromatic N) is 4. The summed E-state index contributed by atoms with van der Waals surface area (Å²) in [6.45, 7) is 12.6. The number of rotatable bonds is 14. The molecule has 5 atom stereocenters. The van der Waals surface area contributed by atoms with E-state index in [0.29, 0.717) is 25.0 Å². The summed E-state index contributed by atoms with van der Waals surface area (Å²) in [7, 11) is 1.96. The number of likely N-dealkylation sites (tertiary alicyclic amines) is 1. The van der Waals surface area contributed by atoms with Gasteiger partial charge in [0.1, 0.15) is 24.0 Å². The zero-order valence-corrected chi connectivity index (χ0v) is 43.4. The van der Waals surface area contributed by atoms with Crippen LogP contribution in [0.2, 0.25) is 0 Å². The smallest absolute Gasteiger partial charge is 0.417 e. The highest BCUT2D eigenvalue weighted by molar-refractivity contribution is 7.13. The number of H-pyrrole nitrogens is 1. The fraction of sp³-hybridized carbons (Fsp3) is 0.396. The molecule has 0 aliphatic carbocycles. The minimum absolute atomic E-state index is 0.00966. The summed E-state index contributed by atoms with van der Waals surface area (Å²) >= 11 is 1.52. The first-order chi connectivity index (χ1) is 35.3. The van der Waals surface area contributed by atoms with Crippen LogP contribution in [0.3, 0.4) is 0 Å². The van der Waals surface area contributed by atoms with Crippen molar-refractivity contribution in [1.29, 1.82) is 0 Å². The van der Waals surface area contributed by atoms with Gasteiger partial charge in [-0.25, -0.2) is 9.37 Å². The van der Waals surface area contributed by atoms with Crippen LogP contribution in [0.15, 0.2) is 83.2 Å². The van der Waals surface area contributed by atoms with E-state index in [1.165, 1.54) is 41.4 Å². The highest BCUT2D eigenvalue weighted by Crippen LogP contribution is 2.37. The van der Waals surface area contributed by atoms with Gasteiger partial charge < -0.3 is 40.8 Å². The van der Waals surface area contributed by atoms with E-state index in [0.717, 1.165) is 27.8 Å². The number of ether oxygens (including phenoxy) is 1. The average molecular weight is 1060 g/mol. The molecular weight excluding hydrogens is 999 g/mol. The molecular formula is C53H59F4N9O8S. The van der Waals surface area contributed by atoms with Gasteiger partial charge in [-0.15, -0.1) is 11.3 Å². The molecule has 7 rings (SSSR count). The molecule has 2 fully saturated rings. The summed E-state index contributed by atoms with van der Waals surface area (Å²) in [5.41, 5.74) is 0.547. The van der Waals surface area contributed by atoms with Crippen LogP contribution < -0.4 is 31.7 Å². The molecule has 3 aromatic carbocycles. The van der Waals surface area contributed by atoms with Crippen molar-refractivity contribution in [2.45, 2.75) is 97.9 Å². The van der Waals surface area contributed by atoms with E-state index in [1.54, 1.807) is 38.4 Å². The Morgan fingerprint density at radius 1 is 0.893 bits per heavy atom. The third kappa shape index (κ3) is 13.1. The summed E-state index contributed by atoms with van der Waals surface area (Å²) in [5, 5.41) is 10.6. The fourth-order valence-electron chi connectivity index (χ4n) is 9.21. The molecule has 75 heavy (non-hydrogen) atoms. The van der Waals surface area contributed by atoms with E-state index >= 15 is 4.39 Å². The number of hydrogen-bond donors (Lipinski definition) is 5. The molecule has 2 aliphatic rings. The first kappa shape index (κ1) is 55.3. The number of halogens is 4. The normalized spacial score (nSPS) is 18.5. The standard InChI is InChI=1S/C53H59F4N9O8S/c1-28-24-65(25-29(2)64(28)8)42-16-14-34(18-41(42)62-49(71)38-22-58-44(68)20-39(38)53(55,56)57)37-17-35(13-15-40(37)54)48(70)60-23-45(69)63-47(52(5,6)7)51(73)66-26-36(74-31(4)67)19-43(66)50(72)59-21-32-9-11-33(12-10-32)46-30(3)61-27-75-46/h9-18,20,22,27-29,36,43,47H,19,21,23-26H2,1-8H3,(H,58,68)(H,59,72)(H,60,70)(H,62,71)(H,63,69)/t28-,29+,36-,43+,47?/m1/s1. The van der Waals surface area contributed by atoms with Crippen molar-refractivity contribution in [3.8, 4) is 21.6 Å². The van der Waals surface area contributed by atoms with Gasteiger partial charge >= 0.3 is 12.1 Å². The van der Waals surface area contributed by atoms with Crippen LogP contribution in [-0.2, 0) is 36.6 Å². The van der Waals surface area contributed by atoms with Crippen LogP contribution in [-0.4, -0.2) is 119 Å². The Morgan fingerprint density at radius 2 is 1.57 bits per heavy atom. The predicted octanol–water partition coefficient (Wildman–Crippen LogP) is 6.52. The van der Waals surface area contributed by atoms with Gasteiger partial charge in [-0.05, 0) is 80.3 Å². The molecule has 2 aliphatic heterocycles. The Bertz CT molecular complexity index is 3040. The minimum atomic E-state index is -5.04. The summed E-state index contributed by atoms with van der Waals surface area (Å²) in [6, 6.07) is 13.6. The van der Waals surface area contributed by atoms with E-state index in [2.05, 4.69) is 36.1 Å². The zero-order chi connectivity index (χ0) is 54.7. The number of alkyl halides is 3. The number of carbonyl (C=O) groups is 6. The predicted molar refractivity (Wildman–Crippen MR) is 274 cm³/mol. The highest BCUT2D eigenvalue weighted by atomic mass is 32.1. The Labute approximate surface area is 434 Å². The number of hydrogen-bond acceptors (Lipinski definition) is 12. The molecule has 5 N–H and O–H groups in total. The first-order valence-electron chi connectivity index (χ1n) is 24.1. The van der Waals surface area contributed by atoms with Gasteiger partial charge in [0.2, 0.25) is 23.3 Å². The molecule has 5 amide bonds. The Hall–Kier alpha value is -7.46. The molecule has 1 unspecified atom stereocenters. The van der Waals surface area contributed by atoms with Gasteiger partial charge in [-0.2, -0.15) is 13.2 Å². The monoisotopic (exact) mass is 1060 g/mol. The molecule has 0 radical (unpaired) electrons. The number of carbonyl (C=O) groups excluding carboxylic acids is 6. The van der Waals surface area contributed by atoms with Crippen LogP contribution in [0.4, 0.5) is 28.9 Å². The molecule has 0 spiro atoms. The maximum Gasteiger partial charge on any atom is 0.417 e. The van der Waals surface area contributed by atoms with E-state index in [4.69, 9.17) is 4.74 Å². The van der Waals surface area contributed by atoms with Crippen molar-refractivity contribution >= 4 is 58.2 Å². The third-order valence-electron chi connectivity index (χ3n) is 13.4. The number of aromatic amines is 1. The Morgan fingerprint density at radius 3 is 2.20 bits per heavy atom. The maximum atomic E-state index is 15.8. The lowest BCUT2D eigenvalue weighted by atomic mass is 9.85. The average Bonchev–Trinajstić information content (AvgIpc) is 3.98. The van der Waals surface area contributed by atoms with Gasteiger partial charge in [0.15, 0.2) is 0 Å². The van der Waals surface area contributed by atoms with Crippen molar-refractivity contribution < 1.29 is 51.1 Å². The lowest BCUT2D eigenvalue weighted by molar-refractivity contribution is -0.147. The van der Waals surface area contributed by atoms with Gasteiger partial charge in [0, 0.05) is 68.5 Å². The summed E-state index contributed by atoms with van der Waals surface area (Å²) in [5.74, 6) is -5.27. The Balaban J connectivity index is 1.06. The second kappa shape index (κ2) is 22.6. The van der Waals surface area contributed by atoms with E-state index in [1.807, 2.05) is 57.0 Å². The maximum absolute atomic E-state index is 15.8. The largest absolute Gasteiger partial charge is 0.461 e. The van der Waals surface area contributed by atoms with Gasteiger partial charge in [-0.1, -0.05) is 51.1 Å². The van der Waals surface area contributed by atoms with Gasteiger partial charge in [-0.3, -0.25) is 38.5 Å². The number of aryl methyl sites for hydroxylation is 1. The molecule has 17 nitrogen and oxygen atoms in total. The molecule has 4 heterocycles. The van der Waals surface area contributed by atoms with Crippen molar-refractivity contribution in [2.75, 3.05) is 43.4 Å². The number of pyridine rings is 1. The van der Waals surface area contributed by atoms with Gasteiger partial charge in [0.05, 0.1) is 51.7 Å². The van der Waals surface area contributed by atoms with Gasteiger partial charge in [0.25, 0.3) is 11.8 Å². The second-order valence-electron chi connectivity index (χ2n) is 20.0. The molecule has 22 heteroatoms. The lowest BCUT2D eigenvalue weighted by Crippen LogP contribution is -2.58. The van der Waals surface area contributed by atoms with E-state index in [9.17, 15) is 46.7 Å². The van der Waals surface area contributed by atoms with Crippen LogP contribution >= 0.6 is 11.3 Å². The first-order valence-corrected chi connectivity index (χ1v) is 25.0. The number of aromatic nitrogens is 2. The lowest BCUT2D eigenvalue weighted by Gasteiger charge is -2.44. The van der Waals surface area contributed by atoms with E-state index < -0.39 is 94.3 Å². The molecule has 2 aromatic heterocycles. The van der Waals surface area contributed by atoms with E-state index in [-0.39, 0.29) is 60.0 Å². The summed E-state index contributed by atoms with van der Waals surface area (Å²) in [6.07, 6.45) is -5.16. The number of likely N-dealkylation sites (N-methyl/N-ethyl adjacent to an activating group) is 1. The highest BCUT2D eigenvalue weighted by Gasteiger charge is 2.46. The minimum Gasteiger partial charge on any atom is -0.461 e. The number of anilines is 2. The molecule has 0 saturated carbocycles.